The van der Waals surface area contributed by atoms with Crippen LogP contribution in [0.2, 0.25) is 5.02 Å². The molecule has 0 bridgehead atoms. The van der Waals surface area contributed by atoms with Crippen LogP contribution >= 0.6 is 27.5 Å². The molecule has 0 aliphatic heterocycles. The molecule has 0 heterocycles. The maximum atomic E-state index is 13.7. The van der Waals surface area contributed by atoms with Gasteiger partial charge in [-0.15, -0.1) is 0 Å². The fourth-order valence-corrected chi connectivity index (χ4v) is 3.74. The van der Waals surface area contributed by atoms with Crippen LogP contribution in [-0.4, -0.2) is 16.4 Å². The highest BCUT2D eigenvalue weighted by atomic mass is 79.9. The molecule has 0 aliphatic rings. The van der Waals surface area contributed by atoms with Gasteiger partial charge in [0.1, 0.15) is 5.69 Å². The Morgan fingerprint density at radius 2 is 1.45 bits per heavy atom. The quantitative estimate of drug-likeness (QED) is 0.231. The number of halogens is 8. The summed E-state index contributed by atoms with van der Waals surface area (Å²) in [6.45, 7) is 0.524. The van der Waals surface area contributed by atoms with Crippen LogP contribution < -0.4 is 4.90 Å². The second-order valence-electron chi connectivity index (χ2n) is 5.90. The Hall–Kier alpha value is -2.61. The summed E-state index contributed by atoms with van der Waals surface area (Å²) >= 11 is 8.72. The van der Waals surface area contributed by atoms with Crippen molar-refractivity contribution in [2.45, 2.75) is 19.3 Å². The molecule has 2 aromatic rings. The molecule has 0 spiro atoms. The summed E-state index contributed by atoms with van der Waals surface area (Å²) in [6.07, 6.45) is -10.5. The van der Waals surface area contributed by atoms with Crippen molar-refractivity contribution in [3.8, 4) is 0 Å². The molecule has 0 amide bonds. The van der Waals surface area contributed by atoms with Crippen LogP contribution in [0.5, 0.6) is 0 Å². The van der Waals surface area contributed by atoms with Crippen molar-refractivity contribution in [3.05, 3.63) is 65.1 Å². The molecule has 2 rings (SSSR count). The smallest absolute Gasteiger partial charge is 0.334 e. The molecule has 7 nitrogen and oxygen atoms in total. The van der Waals surface area contributed by atoms with Crippen LogP contribution in [0.25, 0.3) is 0 Å². The van der Waals surface area contributed by atoms with Crippen LogP contribution in [0.1, 0.15) is 18.1 Å². The molecule has 0 N–H and O–H groups in total. The Balaban J connectivity index is 3.05. The first-order chi connectivity index (χ1) is 14.1. The third-order valence-corrected chi connectivity index (χ3v) is 4.72. The second kappa shape index (κ2) is 8.49. The third-order valence-electron chi connectivity index (χ3n) is 3.98. The van der Waals surface area contributed by atoms with Crippen molar-refractivity contribution in [2.24, 2.45) is 0 Å². The van der Waals surface area contributed by atoms with Crippen LogP contribution in [0.3, 0.4) is 0 Å². The summed E-state index contributed by atoms with van der Waals surface area (Å²) < 4.78 is 81.9. The monoisotopic (exact) mass is 535 g/mol. The van der Waals surface area contributed by atoms with Crippen molar-refractivity contribution >= 4 is 50.3 Å². The van der Waals surface area contributed by atoms with Crippen molar-refractivity contribution < 1.29 is 36.2 Å². The highest BCUT2D eigenvalue weighted by Gasteiger charge is 2.44. The van der Waals surface area contributed by atoms with E-state index in [0.717, 1.165) is 13.0 Å². The number of nitrogens with zero attached hydrogens (tertiary/aromatic N) is 3. The Kier molecular flexibility index (Phi) is 6.76. The number of rotatable bonds is 5. The molecule has 0 aromatic heterocycles. The van der Waals surface area contributed by atoms with Gasteiger partial charge < -0.3 is 4.90 Å². The van der Waals surface area contributed by atoms with Crippen LogP contribution in [-0.2, 0) is 12.4 Å². The summed E-state index contributed by atoms with van der Waals surface area (Å²) in [7, 11) is 0. The molecule has 0 saturated heterocycles. The Bertz CT molecular complexity index is 1060. The number of nitro benzene ring substituents is 2. The van der Waals surface area contributed by atoms with Gasteiger partial charge in [-0.1, -0.05) is 27.5 Å². The standard InChI is InChI=1S/C16H9BrClF6N3O4/c1-2-25(13-9(15(19,20)21)3-7(17)4-11(13)18)14-10(16(22,23)24)5-8(26(28)29)6-12(14)27(30)31/h3-6H,2H2,1H3. The number of anilines is 2. The Labute approximate surface area is 182 Å². The van der Waals surface area contributed by atoms with Crippen LogP contribution in [0.4, 0.5) is 49.1 Å². The molecule has 168 valence electrons. The van der Waals surface area contributed by atoms with Gasteiger partial charge in [0.15, 0.2) is 0 Å². The average molecular weight is 537 g/mol. The molecule has 31 heavy (non-hydrogen) atoms. The minimum atomic E-state index is -5.38. The van der Waals surface area contributed by atoms with E-state index in [2.05, 4.69) is 15.9 Å². The van der Waals surface area contributed by atoms with Gasteiger partial charge in [0.05, 0.1) is 37.7 Å². The molecular weight excluding hydrogens is 528 g/mol. The topological polar surface area (TPSA) is 89.5 Å². The molecule has 2 aromatic carbocycles. The number of hydrogen-bond acceptors (Lipinski definition) is 5. The normalized spacial score (nSPS) is 12.0. The van der Waals surface area contributed by atoms with Gasteiger partial charge in [-0.05, 0) is 19.1 Å². The molecule has 0 saturated carbocycles. The zero-order chi connectivity index (χ0) is 23.9. The highest BCUT2D eigenvalue weighted by Crippen LogP contribution is 2.50. The van der Waals surface area contributed by atoms with E-state index in [1.165, 1.54) is 0 Å². The summed E-state index contributed by atoms with van der Waals surface area (Å²) in [4.78, 5) is 20.2. The van der Waals surface area contributed by atoms with Crippen molar-refractivity contribution in [2.75, 3.05) is 11.4 Å². The second-order valence-corrected chi connectivity index (χ2v) is 7.22. The fourth-order valence-electron chi connectivity index (χ4n) is 2.83. The number of hydrogen-bond donors (Lipinski definition) is 0. The SMILES string of the molecule is CCN(c1c(Cl)cc(Br)cc1C(F)(F)F)c1c([N+](=O)[O-])cc([N+](=O)[O-])cc1C(F)(F)F. The largest absolute Gasteiger partial charge is 0.418 e. The minimum Gasteiger partial charge on any atom is -0.334 e. The Morgan fingerprint density at radius 3 is 1.87 bits per heavy atom. The first kappa shape index (κ1) is 24.7. The van der Waals surface area contributed by atoms with E-state index in [-0.39, 0.29) is 16.6 Å². The number of non-ortho nitro benzene ring substituents is 1. The zero-order valence-corrected chi connectivity index (χ0v) is 17.4. The van der Waals surface area contributed by atoms with Gasteiger partial charge in [-0.25, -0.2) is 0 Å². The molecule has 0 aliphatic carbocycles. The van der Waals surface area contributed by atoms with Gasteiger partial charge in [-0.2, -0.15) is 26.3 Å². The average Bonchev–Trinajstić information content (AvgIpc) is 2.61. The fraction of sp³-hybridized carbons (Fsp3) is 0.250. The molecule has 0 atom stereocenters. The van der Waals surface area contributed by atoms with Crippen LogP contribution in [0, 0.1) is 20.2 Å². The van der Waals surface area contributed by atoms with E-state index >= 15 is 0 Å². The van der Waals surface area contributed by atoms with E-state index in [1.807, 2.05) is 0 Å². The maximum absolute atomic E-state index is 13.7. The van der Waals surface area contributed by atoms with Gasteiger partial charge >= 0.3 is 12.4 Å². The van der Waals surface area contributed by atoms with Gasteiger partial charge in [0.25, 0.3) is 11.4 Å². The third kappa shape index (κ3) is 5.01. The number of benzene rings is 2. The molecule has 0 radical (unpaired) electrons. The zero-order valence-electron chi connectivity index (χ0n) is 15.0. The molecule has 0 unspecified atom stereocenters. The molecule has 15 heteroatoms. The highest BCUT2D eigenvalue weighted by molar-refractivity contribution is 9.10. The lowest BCUT2D eigenvalue weighted by Gasteiger charge is -2.29. The van der Waals surface area contributed by atoms with Crippen molar-refractivity contribution in [3.63, 3.8) is 0 Å². The summed E-state index contributed by atoms with van der Waals surface area (Å²) in [5.74, 6) is 0. The lowest BCUT2D eigenvalue weighted by Crippen LogP contribution is -2.25. The number of nitro groups is 2. The maximum Gasteiger partial charge on any atom is 0.418 e. The van der Waals surface area contributed by atoms with E-state index in [0.29, 0.717) is 11.0 Å². The van der Waals surface area contributed by atoms with Crippen molar-refractivity contribution in [1.29, 1.82) is 0 Å². The summed E-state index contributed by atoms with van der Waals surface area (Å²) in [6, 6.07) is 1.78. The lowest BCUT2D eigenvalue weighted by atomic mass is 10.0. The summed E-state index contributed by atoms with van der Waals surface area (Å²) in [5, 5.41) is 21.8. The predicted octanol–water partition coefficient (Wildman–Crippen LogP) is 7.11. The predicted molar refractivity (Wildman–Crippen MR) is 102 cm³/mol. The first-order valence-electron chi connectivity index (χ1n) is 7.97. The van der Waals surface area contributed by atoms with Gasteiger partial charge in [0.2, 0.25) is 0 Å². The van der Waals surface area contributed by atoms with E-state index < -0.39 is 67.6 Å². The Morgan fingerprint density at radius 1 is 0.935 bits per heavy atom. The van der Waals surface area contributed by atoms with E-state index in [9.17, 15) is 46.6 Å². The minimum absolute atomic E-state index is 0.0189. The van der Waals surface area contributed by atoms with Gasteiger partial charge in [0, 0.05) is 17.1 Å². The van der Waals surface area contributed by atoms with Crippen LogP contribution in [0.15, 0.2) is 28.7 Å². The number of alkyl halides is 6. The van der Waals surface area contributed by atoms with Gasteiger partial charge in [-0.3, -0.25) is 20.2 Å². The first-order valence-corrected chi connectivity index (χ1v) is 9.14. The lowest BCUT2D eigenvalue weighted by molar-refractivity contribution is -0.394. The van der Waals surface area contributed by atoms with E-state index in [4.69, 9.17) is 11.6 Å². The van der Waals surface area contributed by atoms with E-state index in [1.54, 1.807) is 0 Å². The van der Waals surface area contributed by atoms with Crippen molar-refractivity contribution in [1.82, 2.24) is 0 Å². The summed E-state index contributed by atoms with van der Waals surface area (Å²) in [5.41, 5.74) is -8.26. The molecular formula is C16H9BrClF6N3O4. The molecule has 0 fully saturated rings.